The van der Waals surface area contributed by atoms with E-state index in [0.717, 1.165) is 29.3 Å². The molecule has 0 spiro atoms. The van der Waals surface area contributed by atoms with Crippen molar-refractivity contribution in [3.63, 3.8) is 0 Å². The average molecular weight is 220 g/mol. The summed E-state index contributed by atoms with van der Waals surface area (Å²) in [5, 5.41) is 0.741. The summed E-state index contributed by atoms with van der Waals surface area (Å²) in [6.45, 7) is 1.97. The second kappa shape index (κ2) is 4.26. The molecule has 0 saturated carbocycles. The normalized spacial score (nSPS) is 13.2. The first-order valence-electron chi connectivity index (χ1n) is 5.57. The van der Waals surface area contributed by atoms with Crippen LogP contribution < -0.4 is 5.73 Å². The molecule has 0 fully saturated rings. The summed E-state index contributed by atoms with van der Waals surface area (Å²) in [4.78, 5) is 0. The molecular weight excluding hydrogens is 203 g/mol. The summed E-state index contributed by atoms with van der Waals surface area (Å²) in [7, 11) is 1.94. The maximum atomic E-state index is 13.7. The average Bonchev–Trinajstić information content (AvgIpc) is 2.55. The van der Waals surface area contributed by atoms with E-state index in [-0.39, 0.29) is 11.9 Å². The second-order valence-electron chi connectivity index (χ2n) is 4.42. The maximum absolute atomic E-state index is 13.7. The lowest BCUT2D eigenvalue weighted by Gasteiger charge is -2.03. The Kier molecular flexibility index (Phi) is 2.97. The highest BCUT2D eigenvalue weighted by Crippen LogP contribution is 2.24. The Morgan fingerprint density at radius 1 is 1.44 bits per heavy atom. The maximum Gasteiger partial charge on any atom is 0.132 e. The molecule has 0 aliphatic heterocycles. The first-order valence-corrected chi connectivity index (χ1v) is 5.57. The fraction of sp³-hybridized carbons (Fsp3) is 0.385. The van der Waals surface area contributed by atoms with Crippen LogP contribution >= 0.6 is 0 Å². The van der Waals surface area contributed by atoms with Gasteiger partial charge in [0.1, 0.15) is 5.82 Å². The standard InChI is InChI=1S/C13H17FN2/c1-9(15)6-7-10-8-16(2)12-5-3-4-11(14)13(10)12/h3-5,8-9H,6-7,15H2,1-2H3/t9-/m1/s1. The Morgan fingerprint density at radius 3 is 2.88 bits per heavy atom. The molecule has 86 valence electrons. The third-order valence-corrected chi connectivity index (χ3v) is 2.91. The highest BCUT2D eigenvalue weighted by Gasteiger charge is 2.10. The number of benzene rings is 1. The minimum atomic E-state index is -0.141. The van der Waals surface area contributed by atoms with Gasteiger partial charge in [-0.05, 0) is 37.5 Å². The van der Waals surface area contributed by atoms with Gasteiger partial charge in [-0.25, -0.2) is 4.39 Å². The number of nitrogens with zero attached hydrogens (tertiary/aromatic N) is 1. The number of fused-ring (bicyclic) bond motifs is 1. The van der Waals surface area contributed by atoms with Gasteiger partial charge in [-0.2, -0.15) is 0 Å². The van der Waals surface area contributed by atoms with E-state index in [9.17, 15) is 4.39 Å². The van der Waals surface area contributed by atoms with E-state index in [1.807, 2.05) is 30.8 Å². The zero-order valence-corrected chi connectivity index (χ0v) is 9.70. The molecule has 0 bridgehead atoms. The minimum absolute atomic E-state index is 0.141. The topological polar surface area (TPSA) is 30.9 Å². The van der Waals surface area contributed by atoms with E-state index in [0.29, 0.717) is 0 Å². The predicted octanol–water partition coefficient (Wildman–Crippen LogP) is 2.60. The Morgan fingerprint density at radius 2 is 2.19 bits per heavy atom. The van der Waals surface area contributed by atoms with Gasteiger partial charge in [0.05, 0.1) is 5.52 Å². The van der Waals surface area contributed by atoms with Gasteiger partial charge in [0, 0.05) is 24.7 Å². The molecule has 2 rings (SSSR count). The van der Waals surface area contributed by atoms with Gasteiger partial charge in [0.2, 0.25) is 0 Å². The van der Waals surface area contributed by atoms with Crippen LogP contribution in [0.2, 0.25) is 0 Å². The molecule has 3 heteroatoms. The summed E-state index contributed by atoms with van der Waals surface area (Å²) in [6.07, 6.45) is 3.71. The van der Waals surface area contributed by atoms with Gasteiger partial charge in [0.25, 0.3) is 0 Å². The van der Waals surface area contributed by atoms with Gasteiger partial charge in [0.15, 0.2) is 0 Å². The van der Waals surface area contributed by atoms with Crippen molar-refractivity contribution in [2.75, 3.05) is 0 Å². The lowest BCUT2D eigenvalue weighted by molar-refractivity contribution is 0.635. The molecule has 1 aromatic heterocycles. The number of rotatable bonds is 3. The van der Waals surface area contributed by atoms with Gasteiger partial charge >= 0.3 is 0 Å². The number of aromatic nitrogens is 1. The highest BCUT2D eigenvalue weighted by atomic mass is 19.1. The molecular formula is C13H17FN2. The summed E-state index contributed by atoms with van der Waals surface area (Å²) in [6, 6.07) is 5.35. The van der Waals surface area contributed by atoms with Gasteiger partial charge in [-0.15, -0.1) is 0 Å². The summed E-state index contributed by atoms with van der Waals surface area (Å²) >= 11 is 0. The first-order chi connectivity index (χ1) is 7.59. The zero-order valence-electron chi connectivity index (χ0n) is 9.70. The zero-order chi connectivity index (χ0) is 11.7. The van der Waals surface area contributed by atoms with E-state index in [4.69, 9.17) is 5.73 Å². The van der Waals surface area contributed by atoms with Crippen molar-refractivity contribution < 1.29 is 4.39 Å². The molecule has 0 aliphatic rings. The van der Waals surface area contributed by atoms with Crippen LogP contribution in [0.4, 0.5) is 4.39 Å². The lowest BCUT2D eigenvalue weighted by atomic mass is 10.1. The molecule has 1 aromatic carbocycles. The van der Waals surface area contributed by atoms with Crippen molar-refractivity contribution in [1.82, 2.24) is 4.57 Å². The monoisotopic (exact) mass is 220 g/mol. The smallest absolute Gasteiger partial charge is 0.132 e. The molecule has 2 aromatic rings. The lowest BCUT2D eigenvalue weighted by Crippen LogP contribution is -2.15. The number of aryl methyl sites for hydroxylation is 2. The SMILES string of the molecule is C[C@@H](N)CCc1cn(C)c2cccc(F)c12. The van der Waals surface area contributed by atoms with Crippen molar-refractivity contribution in [2.45, 2.75) is 25.8 Å². The Balaban J connectivity index is 2.45. The van der Waals surface area contributed by atoms with Crippen molar-refractivity contribution in [3.8, 4) is 0 Å². The van der Waals surface area contributed by atoms with Crippen LogP contribution in [0.3, 0.4) is 0 Å². The quantitative estimate of drug-likeness (QED) is 0.847. The van der Waals surface area contributed by atoms with Gasteiger partial charge in [-0.3, -0.25) is 0 Å². The highest BCUT2D eigenvalue weighted by molar-refractivity contribution is 5.84. The molecule has 0 unspecified atom stereocenters. The van der Waals surface area contributed by atoms with E-state index in [1.165, 1.54) is 6.07 Å². The van der Waals surface area contributed by atoms with Crippen LogP contribution in [0.15, 0.2) is 24.4 Å². The molecule has 1 heterocycles. The van der Waals surface area contributed by atoms with Crippen LogP contribution in [0.1, 0.15) is 18.9 Å². The van der Waals surface area contributed by atoms with Gasteiger partial charge < -0.3 is 10.3 Å². The molecule has 1 atom stereocenters. The summed E-state index contributed by atoms with van der Waals surface area (Å²) in [5.74, 6) is -0.141. The molecule has 2 N–H and O–H groups in total. The van der Waals surface area contributed by atoms with Crippen molar-refractivity contribution >= 4 is 10.9 Å². The summed E-state index contributed by atoms with van der Waals surface area (Å²) < 4.78 is 15.7. The number of halogens is 1. The predicted molar refractivity (Wildman–Crippen MR) is 64.8 cm³/mol. The molecule has 0 saturated heterocycles. The first kappa shape index (κ1) is 11.1. The van der Waals surface area contributed by atoms with Crippen LogP contribution in [0.5, 0.6) is 0 Å². The Hall–Kier alpha value is -1.35. The second-order valence-corrected chi connectivity index (χ2v) is 4.42. The van der Waals surface area contributed by atoms with E-state index in [2.05, 4.69) is 0 Å². The van der Waals surface area contributed by atoms with Crippen molar-refractivity contribution in [3.05, 3.63) is 35.8 Å². The molecule has 2 nitrogen and oxygen atoms in total. The third-order valence-electron chi connectivity index (χ3n) is 2.91. The largest absolute Gasteiger partial charge is 0.350 e. The Labute approximate surface area is 94.9 Å². The van der Waals surface area contributed by atoms with Crippen molar-refractivity contribution in [1.29, 1.82) is 0 Å². The molecule has 0 radical (unpaired) electrons. The molecule has 0 amide bonds. The third kappa shape index (κ3) is 1.95. The van der Waals surface area contributed by atoms with Crippen LogP contribution in [0.25, 0.3) is 10.9 Å². The fourth-order valence-electron chi connectivity index (χ4n) is 2.07. The fourth-order valence-corrected chi connectivity index (χ4v) is 2.07. The van der Waals surface area contributed by atoms with Crippen molar-refractivity contribution in [2.24, 2.45) is 12.8 Å². The summed E-state index contributed by atoms with van der Waals surface area (Å²) in [5.41, 5.74) is 7.72. The minimum Gasteiger partial charge on any atom is -0.350 e. The number of hydrogen-bond donors (Lipinski definition) is 1. The van der Waals surface area contributed by atoms with E-state index in [1.54, 1.807) is 6.07 Å². The van der Waals surface area contributed by atoms with E-state index >= 15 is 0 Å². The van der Waals surface area contributed by atoms with Crippen LogP contribution in [0, 0.1) is 5.82 Å². The van der Waals surface area contributed by atoms with Crippen LogP contribution in [-0.4, -0.2) is 10.6 Å². The van der Waals surface area contributed by atoms with Gasteiger partial charge in [-0.1, -0.05) is 6.07 Å². The number of hydrogen-bond acceptors (Lipinski definition) is 1. The Bertz CT molecular complexity index is 500. The molecule has 0 aliphatic carbocycles. The number of nitrogens with two attached hydrogens (primary N) is 1. The van der Waals surface area contributed by atoms with Crippen LogP contribution in [-0.2, 0) is 13.5 Å². The molecule has 16 heavy (non-hydrogen) atoms. The van der Waals surface area contributed by atoms with E-state index < -0.39 is 0 Å².